The molecule has 0 aliphatic heterocycles. The van der Waals surface area contributed by atoms with Crippen LogP contribution in [0.3, 0.4) is 0 Å². The second kappa shape index (κ2) is 8.71. The molecule has 0 saturated heterocycles. The Bertz CT molecular complexity index is 1130. The topological polar surface area (TPSA) is 68.0 Å². The lowest BCUT2D eigenvalue weighted by Crippen LogP contribution is -2.26. The normalized spacial score (nSPS) is 10.7. The van der Waals surface area contributed by atoms with Crippen LogP contribution >= 0.6 is 11.6 Å². The summed E-state index contributed by atoms with van der Waals surface area (Å²) in [5, 5.41) is 7.51. The maximum absolute atomic E-state index is 12.7. The molecule has 1 heterocycles. The number of hydrogen-bond donors (Lipinski definition) is 1. The number of nitrogens with zero attached hydrogens (tertiary/aromatic N) is 2. The molecular formula is C23H18ClN3O2. The summed E-state index contributed by atoms with van der Waals surface area (Å²) in [4.78, 5) is 17.2. The van der Waals surface area contributed by atoms with Crippen LogP contribution in [0.1, 0.15) is 15.9 Å². The summed E-state index contributed by atoms with van der Waals surface area (Å²) in [6, 6.07) is 24.5. The Balaban J connectivity index is 1.53. The Morgan fingerprint density at radius 1 is 0.897 bits per heavy atom. The predicted octanol–water partition coefficient (Wildman–Crippen LogP) is 5.03. The highest BCUT2D eigenvalue weighted by Crippen LogP contribution is 2.28. The van der Waals surface area contributed by atoms with Crippen LogP contribution in [0.4, 0.5) is 0 Å². The number of hydrogen-bond acceptors (Lipinski definition) is 4. The van der Waals surface area contributed by atoms with E-state index in [0.29, 0.717) is 34.1 Å². The molecule has 3 aromatic carbocycles. The molecule has 4 aromatic rings. The van der Waals surface area contributed by atoms with Gasteiger partial charge in [-0.15, -0.1) is 0 Å². The smallest absolute Gasteiger partial charge is 0.259 e. The molecule has 5 nitrogen and oxygen atoms in total. The van der Waals surface area contributed by atoms with Crippen LogP contribution in [-0.4, -0.2) is 22.6 Å². The fraction of sp³-hybridized carbons (Fsp3) is 0.0870. The molecule has 0 radical (unpaired) electrons. The van der Waals surface area contributed by atoms with Gasteiger partial charge in [-0.2, -0.15) is 4.98 Å². The molecule has 0 bridgehead atoms. The van der Waals surface area contributed by atoms with E-state index in [1.165, 1.54) is 5.56 Å². The highest BCUT2D eigenvalue weighted by molar-refractivity contribution is 6.33. The van der Waals surface area contributed by atoms with Gasteiger partial charge < -0.3 is 9.84 Å². The number of amides is 1. The lowest BCUT2D eigenvalue weighted by molar-refractivity contribution is 0.0954. The van der Waals surface area contributed by atoms with E-state index in [2.05, 4.69) is 15.5 Å². The van der Waals surface area contributed by atoms with Crippen LogP contribution in [0.25, 0.3) is 22.8 Å². The molecule has 29 heavy (non-hydrogen) atoms. The molecule has 0 aliphatic carbocycles. The maximum atomic E-state index is 12.7. The summed E-state index contributed by atoms with van der Waals surface area (Å²) < 4.78 is 5.42. The zero-order valence-corrected chi connectivity index (χ0v) is 16.3. The Hall–Kier alpha value is -3.44. The van der Waals surface area contributed by atoms with Crippen molar-refractivity contribution in [1.29, 1.82) is 0 Å². The first kappa shape index (κ1) is 18.9. The Labute approximate surface area is 173 Å². The fourth-order valence-corrected chi connectivity index (χ4v) is 3.23. The third-order valence-corrected chi connectivity index (χ3v) is 4.81. The van der Waals surface area contributed by atoms with Crippen LogP contribution in [0, 0.1) is 0 Å². The van der Waals surface area contributed by atoms with Crippen molar-refractivity contribution < 1.29 is 9.32 Å². The van der Waals surface area contributed by atoms with Crippen molar-refractivity contribution in [3.8, 4) is 22.8 Å². The van der Waals surface area contributed by atoms with Gasteiger partial charge in [-0.25, -0.2) is 0 Å². The van der Waals surface area contributed by atoms with E-state index < -0.39 is 0 Å². The molecule has 0 atom stereocenters. The lowest BCUT2D eigenvalue weighted by Gasteiger charge is -2.08. The molecule has 0 saturated carbocycles. The zero-order valence-electron chi connectivity index (χ0n) is 15.5. The SMILES string of the molecule is O=C(NCCc1ccccc1)c1ccccc1-c1nc(-c2ccccc2Cl)no1. The van der Waals surface area contributed by atoms with Crippen molar-refractivity contribution >= 4 is 17.5 Å². The standard InChI is InChI=1S/C23H18ClN3O2/c24-20-13-7-6-12-19(20)21-26-23(29-27-21)18-11-5-4-10-17(18)22(28)25-15-14-16-8-2-1-3-9-16/h1-13H,14-15H2,(H,25,28). The van der Waals surface area contributed by atoms with Crippen molar-refractivity contribution in [2.45, 2.75) is 6.42 Å². The number of carbonyl (C=O) groups is 1. The lowest BCUT2D eigenvalue weighted by atomic mass is 10.1. The predicted molar refractivity (Wildman–Crippen MR) is 113 cm³/mol. The molecule has 6 heteroatoms. The van der Waals surface area contributed by atoms with E-state index in [4.69, 9.17) is 16.1 Å². The molecule has 1 aromatic heterocycles. The van der Waals surface area contributed by atoms with E-state index in [1.54, 1.807) is 24.3 Å². The van der Waals surface area contributed by atoms with Crippen molar-refractivity contribution in [3.63, 3.8) is 0 Å². The van der Waals surface area contributed by atoms with E-state index in [0.717, 1.165) is 6.42 Å². The van der Waals surface area contributed by atoms with Crippen molar-refractivity contribution in [2.75, 3.05) is 6.54 Å². The minimum Gasteiger partial charge on any atom is -0.352 e. The van der Waals surface area contributed by atoms with Gasteiger partial charge in [0.15, 0.2) is 0 Å². The van der Waals surface area contributed by atoms with Gasteiger partial charge in [0.05, 0.1) is 16.1 Å². The largest absolute Gasteiger partial charge is 0.352 e. The molecule has 0 unspecified atom stereocenters. The number of carbonyl (C=O) groups excluding carboxylic acids is 1. The Kier molecular flexibility index (Phi) is 5.68. The maximum Gasteiger partial charge on any atom is 0.259 e. The Morgan fingerprint density at radius 3 is 2.38 bits per heavy atom. The molecule has 0 spiro atoms. The fourth-order valence-electron chi connectivity index (χ4n) is 3.01. The quantitative estimate of drug-likeness (QED) is 0.490. The first-order valence-corrected chi connectivity index (χ1v) is 9.60. The van der Waals surface area contributed by atoms with Gasteiger partial charge in [0, 0.05) is 12.1 Å². The number of nitrogens with one attached hydrogen (secondary N) is 1. The van der Waals surface area contributed by atoms with Crippen LogP contribution < -0.4 is 5.32 Å². The molecular weight excluding hydrogens is 386 g/mol. The molecule has 144 valence electrons. The summed E-state index contributed by atoms with van der Waals surface area (Å²) in [5.74, 6) is 0.465. The van der Waals surface area contributed by atoms with Gasteiger partial charge in [-0.3, -0.25) is 4.79 Å². The van der Waals surface area contributed by atoms with Crippen LogP contribution in [-0.2, 0) is 6.42 Å². The first-order valence-electron chi connectivity index (χ1n) is 9.22. The second-order valence-corrected chi connectivity index (χ2v) is 6.85. The number of benzene rings is 3. The van der Waals surface area contributed by atoms with E-state index in [9.17, 15) is 4.79 Å². The highest BCUT2D eigenvalue weighted by Gasteiger charge is 2.18. The van der Waals surface area contributed by atoms with Gasteiger partial charge >= 0.3 is 0 Å². The average molecular weight is 404 g/mol. The number of halogens is 1. The minimum absolute atomic E-state index is 0.186. The first-order chi connectivity index (χ1) is 14.2. The van der Waals surface area contributed by atoms with Gasteiger partial charge in [-0.1, -0.05) is 71.4 Å². The van der Waals surface area contributed by atoms with Crippen molar-refractivity contribution in [2.24, 2.45) is 0 Å². The van der Waals surface area contributed by atoms with Crippen LogP contribution in [0.15, 0.2) is 83.4 Å². The third kappa shape index (κ3) is 4.36. The third-order valence-electron chi connectivity index (χ3n) is 4.48. The molecule has 1 amide bonds. The van der Waals surface area contributed by atoms with Crippen LogP contribution in [0.2, 0.25) is 5.02 Å². The van der Waals surface area contributed by atoms with E-state index >= 15 is 0 Å². The summed E-state index contributed by atoms with van der Waals surface area (Å²) in [6.07, 6.45) is 0.756. The minimum atomic E-state index is -0.186. The summed E-state index contributed by atoms with van der Waals surface area (Å²) in [5.41, 5.74) is 2.90. The monoisotopic (exact) mass is 403 g/mol. The van der Waals surface area contributed by atoms with E-state index in [1.807, 2.05) is 54.6 Å². The summed E-state index contributed by atoms with van der Waals surface area (Å²) in [6.45, 7) is 0.534. The van der Waals surface area contributed by atoms with Gasteiger partial charge in [-0.05, 0) is 36.2 Å². The highest BCUT2D eigenvalue weighted by atomic mass is 35.5. The molecule has 1 N–H and O–H groups in total. The number of aromatic nitrogens is 2. The van der Waals surface area contributed by atoms with E-state index in [-0.39, 0.29) is 11.8 Å². The molecule has 0 aliphatic rings. The Morgan fingerprint density at radius 2 is 1.59 bits per heavy atom. The van der Waals surface area contributed by atoms with Crippen molar-refractivity contribution in [1.82, 2.24) is 15.5 Å². The summed E-state index contributed by atoms with van der Waals surface area (Å²) in [7, 11) is 0. The zero-order chi connectivity index (χ0) is 20.1. The molecule has 0 fully saturated rings. The van der Waals surface area contributed by atoms with Gasteiger partial charge in [0.25, 0.3) is 11.8 Å². The molecule has 4 rings (SSSR count). The van der Waals surface area contributed by atoms with Crippen LogP contribution in [0.5, 0.6) is 0 Å². The second-order valence-electron chi connectivity index (χ2n) is 6.44. The number of rotatable bonds is 6. The van der Waals surface area contributed by atoms with Crippen molar-refractivity contribution in [3.05, 3.63) is 95.0 Å². The van der Waals surface area contributed by atoms with Gasteiger partial charge in [0.2, 0.25) is 5.82 Å². The average Bonchev–Trinajstić information content (AvgIpc) is 3.24. The summed E-state index contributed by atoms with van der Waals surface area (Å²) >= 11 is 6.22. The van der Waals surface area contributed by atoms with Gasteiger partial charge in [0.1, 0.15) is 0 Å².